The van der Waals surface area contributed by atoms with Crippen molar-refractivity contribution in [3.8, 4) is 5.75 Å². The SMILES string of the molecule is CC(C)(C)NC(=O)C(Cc1ccccc1)N(Cc1cccc(Cl)c1)C(=O)COc1ccccc1F. The third kappa shape index (κ3) is 8.11. The maximum absolute atomic E-state index is 14.1. The molecule has 3 aromatic carbocycles. The van der Waals surface area contributed by atoms with Crippen LogP contribution in [0.3, 0.4) is 0 Å². The van der Waals surface area contributed by atoms with Gasteiger partial charge in [-0.15, -0.1) is 0 Å². The number of para-hydroxylation sites is 1. The van der Waals surface area contributed by atoms with E-state index in [0.717, 1.165) is 11.1 Å². The molecule has 184 valence electrons. The molecule has 0 aliphatic rings. The van der Waals surface area contributed by atoms with E-state index in [9.17, 15) is 14.0 Å². The Labute approximate surface area is 210 Å². The molecule has 0 fully saturated rings. The fourth-order valence-electron chi connectivity index (χ4n) is 3.62. The van der Waals surface area contributed by atoms with Crippen LogP contribution in [0.2, 0.25) is 5.02 Å². The molecule has 0 aliphatic carbocycles. The smallest absolute Gasteiger partial charge is 0.261 e. The minimum atomic E-state index is -0.827. The maximum Gasteiger partial charge on any atom is 0.261 e. The zero-order valence-corrected chi connectivity index (χ0v) is 20.9. The molecular formula is C28H30ClFN2O3. The summed E-state index contributed by atoms with van der Waals surface area (Å²) >= 11 is 6.18. The summed E-state index contributed by atoms with van der Waals surface area (Å²) in [7, 11) is 0. The van der Waals surface area contributed by atoms with Crippen LogP contribution < -0.4 is 10.1 Å². The lowest BCUT2D eigenvalue weighted by Gasteiger charge is -2.33. The quantitative estimate of drug-likeness (QED) is 0.430. The van der Waals surface area contributed by atoms with Crippen molar-refractivity contribution in [2.75, 3.05) is 6.61 Å². The van der Waals surface area contributed by atoms with Gasteiger partial charge in [0.25, 0.3) is 5.91 Å². The number of halogens is 2. The number of carbonyl (C=O) groups is 2. The summed E-state index contributed by atoms with van der Waals surface area (Å²) in [6, 6.07) is 21.7. The monoisotopic (exact) mass is 496 g/mol. The highest BCUT2D eigenvalue weighted by molar-refractivity contribution is 6.30. The number of carbonyl (C=O) groups excluding carboxylic acids is 2. The Balaban J connectivity index is 1.94. The molecule has 0 saturated heterocycles. The molecule has 0 spiro atoms. The van der Waals surface area contributed by atoms with Gasteiger partial charge in [-0.2, -0.15) is 0 Å². The Kier molecular flexibility index (Phi) is 8.88. The zero-order valence-electron chi connectivity index (χ0n) is 20.1. The standard InChI is InChI=1S/C28H30ClFN2O3/c1-28(2,3)31-27(34)24(17-20-10-5-4-6-11-20)32(18-21-12-9-13-22(29)16-21)26(33)19-35-25-15-8-7-14-23(25)30/h4-16,24H,17-19H2,1-3H3,(H,31,34). The molecule has 3 aromatic rings. The van der Waals surface area contributed by atoms with E-state index in [1.54, 1.807) is 30.3 Å². The van der Waals surface area contributed by atoms with Crippen molar-refractivity contribution in [2.24, 2.45) is 0 Å². The lowest BCUT2D eigenvalue weighted by atomic mass is 10.0. The highest BCUT2D eigenvalue weighted by Gasteiger charge is 2.32. The summed E-state index contributed by atoms with van der Waals surface area (Å²) in [5, 5.41) is 3.52. The van der Waals surface area contributed by atoms with Crippen LogP contribution in [0.15, 0.2) is 78.9 Å². The normalized spacial score (nSPS) is 12.0. The lowest BCUT2D eigenvalue weighted by Crippen LogP contribution is -2.55. The molecule has 7 heteroatoms. The molecule has 1 unspecified atom stereocenters. The van der Waals surface area contributed by atoms with Gasteiger partial charge in [0.05, 0.1) is 0 Å². The van der Waals surface area contributed by atoms with Crippen molar-refractivity contribution in [3.63, 3.8) is 0 Å². The Morgan fingerprint density at radius 3 is 2.29 bits per heavy atom. The van der Waals surface area contributed by atoms with E-state index in [0.29, 0.717) is 11.4 Å². The number of benzene rings is 3. The van der Waals surface area contributed by atoms with Gasteiger partial charge >= 0.3 is 0 Å². The van der Waals surface area contributed by atoms with E-state index in [4.69, 9.17) is 16.3 Å². The first kappa shape index (κ1) is 26.2. The number of nitrogens with one attached hydrogen (secondary N) is 1. The van der Waals surface area contributed by atoms with Gasteiger partial charge < -0.3 is 15.0 Å². The summed E-state index contributed by atoms with van der Waals surface area (Å²) in [4.78, 5) is 28.4. The van der Waals surface area contributed by atoms with E-state index < -0.39 is 29.9 Å². The van der Waals surface area contributed by atoms with Crippen LogP contribution in [0, 0.1) is 5.82 Å². The molecule has 3 rings (SSSR count). The van der Waals surface area contributed by atoms with Gasteiger partial charge in [-0.3, -0.25) is 9.59 Å². The summed E-state index contributed by atoms with van der Waals surface area (Å²) in [5.74, 6) is -1.32. The van der Waals surface area contributed by atoms with Gasteiger partial charge in [-0.1, -0.05) is 66.2 Å². The summed E-state index contributed by atoms with van der Waals surface area (Å²) in [6.07, 6.45) is 0.300. The van der Waals surface area contributed by atoms with E-state index in [2.05, 4.69) is 5.32 Å². The van der Waals surface area contributed by atoms with Crippen LogP contribution in [0.1, 0.15) is 31.9 Å². The van der Waals surface area contributed by atoms with E-state index in [1.165, 1.54) is 17.0 Å². The topological polar surface area (TPSA) is 58.6 Å². The van der Waals surface area contributed by atoms with Crippen LogP contribution in [0.5, 0.6) is 5.75 Å². The highest BCUT2D eigenvalue weighted by atomic mass is 35.5. The largest absolute Gasteiger partial charge is 0.481 e. The molecule has 1 N–H and O–H groups in total. The van der Waals surface area contributed by atoms with Crippen LogP contribution in [-0.2, 0) is 22.6 Å². The predicted molar refractivity (Wildman–Crippen MR) is 136 cm³/mol. The van der Waals surface area contributed by atoms with Crippen molar-refractivity contribution in [3.05, 3.63) is 101 Å². The van der Waals surface area contributed by atoms with Crippen molar-refractivity contribution in [1.82, 2.24) is 10.2 Å². The minimum Gasteiger partial charge on any atom is -0.481 e. The first-order chi connectivity index (χ1) is 16.6. The van der Waals surface area contributed by atoms with E-state index in [1.807, 2.05) is 57.2 Å². The fraction of sp³-hybridized carbons (Fsp3) is 0.286. The van der Waals surface area contributed by atoms with E-state index in [-0.39, 0.29) is 18.2 Å². The van der Waals surface area contributed by atoms with Crippen molar-refractivity contribution >= 4 is 23.4 Å². The molecule has 0 aliphatic heterocycles. The number of amides is 2. The fourth-order valence-corrected chi connectivity index (χ4v) is 3.84. The van der Waals surface area contributed by atoms with Crippen molar-refractivity contribution < 1.29 is 18.7 Å². The zero-order chi connectivity index (χ0) is 25.4. The molecular weight excluding hydrogens is 467 g/mol. The number of nitrogens with zero attached hydrogens (tertiary/aromatic N) is 1. The average Bonchev–Trinajstić information content (AvgIpc) is 2.80. The van der Waals surface area contributed by atoms with Gasteiger partial charge in [0.2, 0.25) is 5.91 Å². The highest BCUT2D eigenvalue weighted by Crippen LogP contribution is 2.20. The first-order valence-corrected chi connectivity index (χ1v) is 11.8. The Bertz CT molecular complexity index is 1150. The summed E-state index contributed by atoms with van der Waals surface area (Å²) < 4.78 is 19.6. The number of ether oxygens (including phenoxy) is 1. The minimum absolute atomic E-state index is 0.0256. The lowest BCUT2D eigenvalue weighted by molar-refractivity contribution is -0.143. The van der Waals surface area contributed by atoms with Gasteiger partial charge in [0.1, 0.15) is 6.04 Å². The molecule has 0 bridgehead atoms. The van der Waals surface area contributed by atoms with Gasteiger partial charge in [0, 0.05) is 23.5 Å². The molecule has 5 nitrogen and oxygen atoms in total. The summed E-state index contributed by atoms with van der Waals surface area (Å²) in [5.41, 5.74) is 1.17. The second-order valence-electron chi connectivity index (χ2n) is 9.32. The Hall–Kier alpha value is -3.38. The van der Waals surface area contributed by atoms with Gasteiger partial charge in [-0.05, 0) is 56.2 Å². The van der Waals surface area contributed by atoms with Crippen LogP contribution >= 0.6 is 11.6 Å². The van der Waals surface area contributed by atoms with Crippen molar-refractivity contribution in [2.45, 2.75) is 45.3 Å². The average molecular weight is 497 g/mol. The first-order valence-electron chi connectivity index (χ1n) is 11.4. The van der Waals surface area contributed by atoms with E-state index >= 15 is 0 Å². The molecule has 0 aromatic heterocycles. The van der Waals surface area contributed by atoms with Gasteiger partial charge in [0.15, 0.2) is 18.2 Å². The Morgan fingerprint density at radius 2 is 1.63 bits per heavy atom. The third-order valence-electron chi connectivity index (χ3n) is 5.20. The van der Waals surface area contributed by atoms with Crippen LogP contribution in [0.25, 0.3) is 0 Å². The Morgan fingerprint density at radius 1 is 0.971 bits per heavy atom. The predicted octanol–water partition coefficient (Wildman–Crippen LogP) is 5.41. The number of hydrogen-bond donors (Lipinski definition) is 1. The van der Waals surface area contributed by atoms with Crippen LogP contribution in [-0.4, -0.2) is 34.9 Å². The second-order valence-corrected chi connectivity index (χ2v) is 9.75. The van der Waals surface area contributed by atoms with Gasteiger partial charge in [-0.25, -0.2) is 4.39 Å². The number of rotatable bonds is 9. The third-order valence-corrected chi connectivity index (χ3v) is 5.43. The molecule has 0 saturated carbocycles. The maximum atomic E-state index is 14.1. The molecule has 35 heavy (non-hydrogen) atoms. The second kappa shape index (κ2) is 11.8. The molecule has 0 radical (unpaired) electrons. The molecule has 1 atom stereocenters. The van der Waals surface area contributed by atoms with Crippen LogP contribution in [0.4, 0.5) is 4.39 Å². The van der Waals surface area contributed by atoms with Crippen molar-refractivity contribution in [1.29, 1.82) is 0 Å². The molecule has 2 amide bonds. The summed E-state index contributed by atoms with van der Waals surface area (Å²) in [6.45, 7) is 5.36. The number of hydrogen-bond acceptors (Lipinski definition) is 3. The molecule has 0 heterocycles.